The summed E-state index contributed by atoms with van der Waals surface area (Å²) < 4.78 is 0. The van der Waals surface area contributed by atoms with Gasteiger partial charge in [0.25, 0.3) is 0 Å². The fourth-order valence-corrected chi connectivity index (χ4v) is 1.76. The molecular formula is C11H16ClNO. The minimum absolute atomic E-state index is 0.190. The van der Waals surface area contributed by atoms with Crippen LogP contribution in [-0.2, 0) is 0 Å². The fourth-order valence-electron chi connectivity index (χ4n) is 1.56. The predicted octanol–water partition coefficient (Wildman–Crippen LogP) is 2.33. The van der Waals surface area contributed by atoms with E-state index < -0.39 is 0 Å². The SMILES string of the molecule is CN(C)C(CCO)c1cccc(Cl)c1. The highest BCUT2D eigenvalue weighted by Gasteiger charge is 2.13. The van der Waals surface area contributed by atoms with Gasteiger partial charge in [-0.1, -0.05) is 23.7 Å². The van der Waals surface area contributed by atoms with E-state index in [-0.39, 0.29) is 12.6 Å². The normalized spacial score (nSPS) is 13.2. The number of benzene rings is 1. The molecule has 14 heavy (non-hydrogen) atoms. The summed E-state index contributed by atoms with van der Waals surface area (Å²) in [5.41, 5.74) is 1.15. The summed E-state index contributed by atoms with van der Waals surface area (Å²) in [6.45, 7) is 0.190. The molecule has 0 amide bonds. The predicted molar refractivity (Wildman–Crippen MR) is 59.6 cm³/mol. The molecule has 78 valence electrons. The van der Waals surface area contributed by atoms with E-state index in [1.54, 1.807) is 0 Å². The van der Waals surface area contributed by atoms with E-state index in [1.165, 1.54) is 0 Å². The van der Waals surface area contributed by atoms with Gasteiger partial charge in [0.1, 0.15) is 0 Å². The number of aliphatic hydroxyl groups is 1. The average Bonchev–Trinajstić information content (AvgIpc) is 2.13. The molecule has 1 unspecified atom stereocenters. The largest absolute Gasteiger partial charge is 0.396 e. The lowest BCUT2D eigenvalue weighted by atomic mass is 10.0. The highest BCUT2D eigenvalue weighted by Crippen LogP contribution is 2.23. The van der Waals surface area contributed by atoms with Crippen molar-refractivity contribution >= 4 is 11.6 Å². The van der Waals surface area contributed by atoms with Crippen molar-refractivity contribution in [2.75, 3.05) is 20.7 Å². The lowest BCUT2D eigenvalue weighted by molar-refractivity contribution is 0.211. The maximum Gasteiger partial charge on any atom is 0.0449 e. The van der Waals surface area contributed by atoms with Gasteiger partial charge in [0.05, 0.1) is 0 Å². The number of hydrogen-bond acceptors (Lipinski definition) is 2. The van der Waals surface area contributed by atoms with Gasteiger partial charge in [0.15, 0.2) is 0 Å². The van der Waals surface area contributed by atoms with Crippen LogP contribution in [0.2, 0.25) is 5.02 Å². The zero-order valence-corrected chi connectivity index (χ0v) is 9.33. The second kappa shape index (κ2) is 5.35. The Morgan fingerprint density at radius 1 is 1.43 bits per heavy atom. The van der Waals surface area contributed by atoms with Gasteiger partial charge in [-0.15, -0.1) is 0 Å². The van der Waals surface area contributed by atoms with Crippen LogP contribution in [0.1, 0.15) is 18.0 Å². The minimum Gasteiger partial charge on any atom is -0.396 e. The Balaban J connectivity index is 2.87. The molecule has 1 N–H and O–H groups in total. The molecule has 0 aliphatic heterocycles. The zero-order valence-electron chi connectivity index (χ0n) is 8.57. The summed E-state index contributed by atoms with van der Waals surface area (Å²) in [5, 5.41) is 9.70. The Morgan fingerprint density at radius 3 is 2.64 bits per heavy atom. The van der Waals surface area contributed by atoms with Crippen LogP contribution in [0.5, 0.6) is 0 Å². The molecule has 0 spiro atoms. The smallest absolute Gasteiger partial charge is 0.0449 e. The maximum atomic E-state index is 8.96. The Hall–Kier alpha value is -0.570. The first kappa shape index (κ1) is 11.5. The highest BCUT2D eigenvalue weighted by atomic mass is 35.5. The van der Waals surface area contributed by atoms with Crippen molar-refractivity contribution in [1.82, 2.24) is 4.90 Å². The third kappa shape index (κ3) is 2.98. The zero-order chi connectivity index (χ0) is 10.6. The quantitative estimate of drug-likeness (QED) is 0.830. The van der Waals surface area contributed by atoms with Crippen molar-refractivity contribution in [1.29, 1.82) is 0 Å². The van der Waals surface area contributed by atoms with Crippen LogP contribution in [-0.4, -0.2) is 30.7 Å². The number of halogens is 1. The summed E-state index contributed by atoms with van der Waals surface area (Å²) in [6, 6.07) is 8.01. The van der Waals surface area contributed by atoms with Crippen molar-refractivity contribution in [3.05, 3.63) is 34.9 Å². The standard InChI is InChI=1S/C11H16ClNO/c1-13(2)11(6-7-14)9-4-3-5-10(12)8-9/h3-5,8,11,14H,6-7H2,1-2H3. The van der Waals surface area contributed by atoms with Crippen molar-refractivity contribution in [2.24, 2.45) is 0 Å². The van der Waals surface area contributed by atoms with Gasteiger partial charge >= 0.3 is 0 Å². The first-order valence-corrected chi connectivity index (χ1v) is 5.05. The molecule has 0 bridgehead atoms. The molecule has 1 rings (SSSR count). The van der Waals surface area contributed by atoms with Gasteiger partial charge in [-0.3, -0.25) is 0 Å². The Bertz CT molecular complexity index is 288. The third-order valence-corrected chi connectivity index (χ3v) is 2.49. The van der Waals surface area contributed by atoms with Crippen molar-refractivity contribution in [3.8, 4) is 0 Å². The highest BCUT2D eigenvalue weighted by molar-refractivity contribution is 6.30. The van der Waals surface area contributed by atoms with Crippen LogP contribution in [0, 0.1) is 0 Å². The van der Waals surface area contributed by atoms with Crippen LogP contribution in [0.4, 0.5) is 0 Å². The number of hydrogen-bond donors (Lipinski definition) is 1. The number of nitrogens with zero attached hydrogens (tertiary/aromatic N) is 1. The van der Waals surface area contributed by atoms with E-state index >= 15 is 0 Å². The summed E-state index contributed by atoms with van der Waals surface area (Å²) in [4.78, 5) is 2.09. The molecule has 0 saturated carbocycles. The molecule has 0 aliphatic rings. The Morgan fingerprint density at radius 2 is 2.14 bits per heavy atom. The topological polar surface area (TPSA) is 23.5 Å². The van der Waals surface area contributed by atoms with Crippen LogP contribution >= 0.6 is 11.6 Å². The van der Waals surface area contributed by atoms with Gasteiger partial charge in [0, 0.05) is 17.7 Å². The van der Waals surface area contributed by atoms with Crippen LogP contribution in [0.15, 0.2) is 24.3 Å². The molecule has 1 aromatic rings. The van der Waals surface area contributed by atoms with E-state index in [9.17, 15) is 0 Å². The minimum atomic E-state index is 0.190. The monoisotopic (exact) mass is 213 g/mol. The van der Waals surface area contributed by atoms with Crippen LogP contribution in [0.3, 0.4) is 0 Å². The van der Waals surface area contributed by atoms with E-state index in [0.29, 0.717) is 0 Å². The van der Waals surface area contributed by atoms with Crippen molar-refractivity contribution < 1.29 is 5.11 Å². The second-order valence-electron chi connectivity index (χ2n) is 3.55. The van der Waals surface area contributed by atoms with Gasteiger partial charge in [0.2, 0.25) is 0 Å². The van der Waals surface area contributed by atoms with Crippen LogP contribution < -0.4 is 0 Å². The number of aliphatic hydroxyl groups excluding tert-OH is 1. The molecule has 0 aliphatic carbocycles. The Kier molecular flexibility index (Phi) is 4.39. The molecule has 3 heteroatoms. The van der Waals surface area contributed by atoms with Gasteiger partial charge in [-0.05, 0) is 38.2 Å². The Labute approximate surface area is 90.1 Å². The molecule has 0 saturated heterocycles. The summed E-state index contributed by atoms with van der Waals surface area (Å²) >= 11 is 5.91. The number of rotatable bonds is 4. The molecule has 0 fully saturated rings. The van der Waals surface area contributed by atoms with Crippen molar-refractivity contribution in [2.45, 2.75) is 12.5 Å². The van der Waals surface area contributed by atoms with Gasteiger partial charge in [-0.2, -0.15) is 0 Å². The molecule has 2 nitrogen and oxygen atoms in total. The summed E-state index contributed by atoms with van der Waals surface area (Å²) in [5.74, 6) is 0. The van der Waals surface area contributed by atoms with E-state index in [0.717, 1.165) is 17.0 Å². The molecule has 1 aromatic carbocycles. The first-order chi connectivity index (χ1) is 6.65. The third-order valence-electron chi connectivity index (χ3n) is 2.26. The molecule has 0 heterocycles. The molecule has 0 radical (unpaired) electrons. The average molecular weight is 214 g/mol. The molecule has 0 aromatic heterocycles. The van der Waals surface area contributed by atoms with Gasteiger partial charge in [-0.25, -0.2) is 0 Å². The molecule has 1 atom stereocenters. The second-order valence-corrected chi connectivity index (χ2v) is 3.98. The molecular weight excluding hydrogens is 198 g/mol. The fraction of sp³-hybridized carbons (Fsp3) is 0.455. The summed E-state index contributed by atoms with van der Waals surface area (Å²) in [7, 11) is 4.00. The lowest BCUT2D eigenvalue weighted by Crippen LogP contribution is -2.20. The van der Waals surface area contributed by atoms with Gasteiger partial charge < -0.3 is 10.0 Å². The van der Waals surface area contributed by atoms with Crippen molar-refractivity contribution in [3.63, 3.8) is 0 Å². The summed E-state index contributed by atoms with van der Waals surface area (Å²) in [6.07, 6.45) is 0.730. The lowest BCUT2D eigenvalue weighted by Gasteiger charge is -2.24. The first-order valence-electron chi connectivity index (χ1n) is 4.68. The van der Waals surface area contributed by atoms with E-state index in [1.807, 2.05) is 38.4 Å². The van der Waals surface area contributed by atoms with E-state index in [4.69, 9.17) is 16.7 Å². The van der Waals surface area contributed by atoms with E-state index in [2.05, 4.69) is 4.90 Å². The van der Waals surface area contributed by atoms with Crippen LogP contribution in [0.25, 0.3) is 0 Å². The maximum absolute atomic E-state index is 8.96.